The molecule has 1 saturated heterocycles. The Morgan fingerprint density at radius 2 is 1.97 bits per heavy atom. The number of imidazole rings is 1. The van der Waals surface area contributed by atoms with Crippen LogP contribution in [0.25, 0.3) is 22.0 Å². The molecule has 1 fully saturated rings. The highest BCUT2D eigenvalue weighted by Crippen LogP contribution is 2.30. The number of fused-ring (bicyclic) bond motifs is 2. The normalized spacial score (nSPS) is 18.4. The van der Waals surface area contributed by atoms with E-state index in [0.29, 0.717) is 24.1 Å². The van der Waals surface area contributed by atoms with Crippen LogP contribution in [0.1, 0.15) is 24.6 Å². The van der Waals surface area contributed by atoms with Gasteiger partial charge in [-0.3, -0.25) is 0 Å². The van der Waals surface area contributed by atoms with E-state index in [-0.39, 0.29) is 10.8 Å². The number of piperidine rings is 1. The minimum atomic E-state index is -3.66. The van der Waals surface area contributed by atoms with Crippen molar-refractivity contribution in [2.45, 2.75) is 23.7 Å². The number of rotatable bonds is 3. The van der Waals surface area contributed by atoms with E-state index in [0.717, 1.165) is 29.7 Å². The highest BCUT2D eigenvalue weighted by molar-refractivity contribution is 7.89. The van der Waals surface area contributed by atoms with Crippen LogP contribution in [0, 0.1) is 0 Å². The molecule has 29 heavy (non-hydrogen) atoms. The minimum absolute atomic E-state index is 0.0180. The topological polar surface area (TPSA) is 96.3 Å². The summed E-state index contributed by atoms with van der Waals surface area (Å²) in [4.78, 5) is 19.5. The average Bonchev–Trinajstić information content (AvgIpc) is 3.18. The van der Waals surface area contributed by atoms with Crippen LogP contribution >= 0.6 is 0 Å². The van der Waals surface area contributed by atoms with E-state index in [1.54, 1.807) is 12.1 Å². The Morgan fingerprint density at radius 3 is 2.83 bits per heavy atom. The summed E-state index contributed by atoms with van der Waals surface area (Å²) in [5.41, 5.74) is 1.75. The first-order chi connectivity index (χ1) is 14.0. The van der Waals surface area contributed by atoms with E-state index < -0.39 is 15.6 Å². The van der Waals surface area contributed by atoms with Gasteiger partial charge < -0.3 is 9.40 Å². The Kier molecular flexibility index (Phi) is 4.25. The number of aromatic amines is 1. The third-order valence-electron chi connectivity index (χ3n) is 5.41. The Hall–Kier alpha value is -2.97. The zero-order chi connectivity index (χ0) is 20.0. The molecule has 0 spiro atoms. The maximum atomic E-state index is 13.2. The first kappa shape index (κ1) is 18.1. The van der Waals surface area contributed by atoms with Crippen molar-refractivity contribution in [3.05, 3.63) is 70.8 Å². The lowest BCUT2D eigenvalue weighted by Crippen LogP contribution is -2.39. The molecule has 0 unspecified atom stereocenters. The number of para-hydroxylation sites is 2. The molecule has 0 aliphatic carbocycles. The van der Waals surface area contributed by atoms with Crippen molar-refractivity contribution in [2.75, 3.05) is 13.1 Å². The molecule has 0 bridgehead atoms. The van der Waals surface area contributed by atoms with Gasteiger partial charge in [0.2, 0.25) is 10.0 Å². The molecule has 5 rings (SSSR count). The Morgan fingerprint density at radius 1 is 1.10 bits per heavy atom. The second kappa shape index (κ2) is 6.82. The van der Waals surface area contributed by atoms with Crippen molar-refractivity contribution in [3.8, 4) is 0 Å². The number of H-pyrrole nitrogens is 1. The second-order valence-electron chi connectivity index (χ2n) is 7.30. The number of nitrogens with one attached hydrogen (secondary N) is 1. The second-order valence-corrected chi connectivity index (χ2v) is 9.23. The smallest absolute Gasteiger partial charge is 0.336 e. The van der Waals surface area contributed by atoms with Gasteiger partial charge in [0.15, 0.2) is 0 Å². The molecular formula is C21H19N3O4S. The van der Waals surface area contributed by atoms with Crippen LogP contribution in [0.5, 0.6) is 0 Å². The van der Waals surface area contributed by atoms with Gasteiger partial charge in [-0.05, 0) is 49.2 Å². The Balaban J connectivity index is 1.46. The summed E-state index contributed by atoms with van der Waals surface area (Å²) in [5, 5.41) is 0.580. The predicted molar refractivity (Wildman–Crippen MR) is 109 cm³/mol. The Labute approximate surface area is 167 Å². The fourth-order valence-corrected chi connectivity index (χ4v) is 5.47. The summed E-state index contributed by atoms with van der Waals surface area (Å²) in [6.45, 7) is 0.852. The van der Waals surface area contributed by atoms with Crippen LogP contribution in [0.4, 0.5) is 0 Å². The van der Waals surface area contributed by atoms with Crippen LogP contribution in [0.2, 0.25) is 0 Å². The Bertz CT molecular complexity index is 1340. The van der Waals surface area contributed by atoms with Crippen molar-refractivity contribution in [1.82, 2.24) is 14.3 Å². The molecule has 3 heterocycles. The van der Waals surface area contributed by atoms with Crippen molar-refractivity contribution >= 4 is 32.0 Å². The first-order valence-electron chi connectivity index (χ1n) is 9.49. The van der Waals surface area contributed by atoms with Gasteiger partial charge in [0.1, 0.15) is 11.4 Å². The van der Waals surface area contributed by atoms with Crippen molar-refractivity contribution in [3.63, 3.8) is 0 Å². The van der Waals surface area contributed by atoms with Gasteiger partial charge in [0.05, 0.1) is 15.9 Å². The third-order valence-corrected chi connectivity index (χ3v) is 7.27. The molecule has 4 aromatic rings. The van der Waals surface area contributed by atoms with Crippen LogP contribution in [-0.4, -0.2) is 35.8 Å². The van der Waals surface area contributed by atoms with E-state index in [4.69, 9.17) is 4.42 Å². The van der Waals surface area contributed by atoms with E-state index in [1.807, 2.05) is 24.3 Å². The summed E-state index contributed by atoms with van der Waals surface area (Å²) in [7, 11) is -3.66. The fourth-order valence-electron chi connectivity index (χ4n) is 3.91. The number of sulfonamides is 1. The standard InChI is InChI=1S/C21H19N3O4S/c25-20-10-7-14-12-16(8-9-19(14)28-20)29(26,27)24-11-3-4-15(13-24)21-22-17-5-1-2-6-18(17)23-21/h1-2,5-10,12,15H,3-4,11,13H2,(H,22,23)/t15-/m0/s1. The molecule has 1 N–H and O–H groups in total. The molecule has 7 nitrogen and oxygen atoms in total. The van der Waals surface area contributed by atoms with Crippen molar-refractivity contribution in [1.29, 1.82) is 0 Å². The quantitative estimate of drug-likeness (QED) is 0.524. The highest BCUT2D eigenvalue weighted by Gasteiger charge is 2.32. The van der Waals surface area contributed by atoms with Crippen LogP contribution in [0.3, 0.4) is 0 Å². The van der Waals surface area contributed by atoms with Crippen molar-refractivity contribution in [2.24, 2.45) is 0 Å². The molecule has 0 saturated carbocycles. The van der Waals surface area contributed by atoms with Gasteiger partial charge in [-0.25, -0.2) is 18.2 Å². The number of hydrogen-bond acceptors (Lipinski definition) is 5. The molecule has 1 atom stereocenters. The monoisotopic (exact) mass is 409 g/mol. The molecule has 0 amide bonds. The lowest BCUT2D eigenvalue weighted by atomic mass is 9.99. The fraction of sp³-hybridized carbons (Fsp3) is 0.238. The number of nitrogens with zero attached hydrogens (tertiary/aromatic N) is 2. The maximum Gasteiger partial charge on any atom is 0.336 e. The SMILES string of the molecule is O=c1ccc2cc(S(=O)(=O)N3CCC[C@H](c4nc5ccccc5[nH]4)C3)ccc2o1. The molecular weight excluding hydrogens is 390 g/mol. The van der Waals surface area contributed by atoms with Crippen LogP contribution < -0.4 is 5.63 Å². The lowest BCUT2D eigenvalue weighted by Gasteiger charge is -2.31. The molecule has 8 heteroatoms. The summed E-state index contributed by atoms with van der Waals surface area (Å²) >= 11 is 0. The van der Waals surface area contributed by atoms with E-state index >= 15 is 0 Å². The summed E-state index contributed by atoms with van der Waals surface area (Å²) in [6, 6.07) is 15.2. The predicted octanol–water partition coefficient (Wildman–Crippen LogP) is 3.24. The van der Waals surface area contributed by atoms with E-state index in [1.165, 1.54) is 22.5 Å². The van der Waals surface area contributed by atoms with Gasteiger partial charge >= 0.3 is 5.63 Å². The lowest BCUT2D eigenvalue weighted by molar-refractivity contribution is 0.310. The molecule has 1 aliphatic heterocycles. The largest absolute Gasteiger partial charge is 0.423 e. The average molecular weight is 409 g/mol. The summed E-state index contributed by atoms with van der Waals surface area (Å²) in [5.74, 6) is 0.843. The molecule has 0 radical (unpaired) electrons. The van der Waals surface area contributed by atoms with Gasteiger partial charge in [-0.15, -0.1) is 0 Å². The maximum absolute atomic E-state index is 13.2. The van der Waals surface area contributed by atoms with E-state index in [2.05, 4.69) is 9.97 Å². The van der Waals surface area contributed by atoms with Gasteiger partial charge in [-0.1, -0.05) is 12.1 Å². The minimum Gasteiger partial charge on any atom is -0.423 e. The van der Waals surface area contributed by atoms with Crippen LogP contribution in [-0.2, 0) is 10.0 Å². The summed E-state index contributed by atoms with van der Waals surface area (Å²) < 4.78 is 33.1. The number of aromatic nitrogens is 2. The zero-order valence-corrected chi connectivity index (χ0v) is 16.4. The molecule has 148 valence electrons. The van der Waals surface area contributed by atoms with Gasteiger partial charge in [0, 0.05) is 30.5 Å². The number of benzene rings is 2. The summed E-state index contributed by atoms with van der Waals surface area (Å²) in [6.07, 6.45) is 1.65. The third kappa shape index (κ3) is 3.24. The number of hydrogen-bond donors (Lipinski definition) is 1. The zero-order valence-electron chi connectivity index (χ0n) is 15.5. The molecule has 2 aromatic heterocycles. The van der Waals surface area contributed by atoms with Crippen molar-refractivity contribution < 1.29 is 12.8 Å². The van der Waals surface area contributed by atoms with Gasteiger partial charge in [0.25, 0.3) is 0 Å². The first-order valence-corrected chi connectivity index (χ1v) is 10.9. The van der Waals surface area contributed by atoms with Crippen LogP contribution in [0.15, 0.2) is 68.7 Å². The molecule has 2 aromatic carbocycles. The highest BCUT2D eigenvalue weighted by atomic mass is 32.2. The molecule has 1 aliphatic rings. The van der Waals surface area contributed by atoms with E-state index in [9.17, 15) is 13.2 Å². The van der Waals surface area contributed by atoms with Gasteiger partial charge in [-0.2, -0.15) is 4.31 Å².